The minimum atomic E-state index is -4.41. The second kappa shape index (κ2) is 11.4. The van der Waals surface area contributed by atoms with Crippen molar-refractivity contribution in [3.05, 3.63) is 83.0 Å². The molecule has 1 amide bonds. The summed E-state index contributed by atoms with van der Waals surface area (Å²) >= 11 is 0. The van der Waals surface area contributed by atoms with E-state index in [2.05, 4.69) is 55.6 Å². The third kappa shape index (κ3) is 6.15. The van der Waals surface area contributed by atoms with Crippen molar-refractivity contribution in [1.29, 1.82) is 0 Å². The number of unbranched alkanes of at least 4 members (excludes halogenated alkanes) is 2. The van der Waals surface area contributed by atoms with E-state index in [4.69, 9.17) is 0 Å². The number of amides is 1. The molecule has 1 unspecified atom stereocenters. The van der Waals surface area contributed by atoms with Gasteiger partial charge in [-0.2, -0.15) is 18.3 Å². The van der Waals surface area contributed by atoms with E-state index < -0.39 is 17.3 Å². The summed E-state index contributed by atoms with van der Waals surface area (Å²) in [6, 6.07) is 15.4. The van der Waals surface area contributed by atoms with E-state index in [0.717, 1.165) is 49.8 Å². The minimum Gasteiger partial charge on any atom is -0.363 e. The maximum atomic E-state index is 14.0. The Morgan fingerprint density at radius 2 is 1.59 bits per heavy atom. The third-order valence-corrected chi connectivity index (χ3v) is 7.84. The van der Waals surface area contributed by atoms with Gasteiger partial charge in [-0.25, -0.2) is 4.68 Å². The number of nitrogens with one attached hydrogen (secondary N) is 2. The van der Waals surface area contributed by atoms with Gasteiger partial charge < -0.3 is 10.6 Å². The molecule has 0 radical (unpaired) electrons. The largest absolute Gasteiger partial charge is 0.416 e. The highest BCUT2D eigenvalue weighted by Crippen LogP contribution is 2.41. The summed E-state index contributed by atoms with van der Waals surface area (Å²) in [5.74, 6) is 0.380. The lowest BCUT2D eigenvalue weighted by Gasteiger charge is -2.39. The van der Waals surface area contributed by atoms with Crippen molar-refractivity contribution in [1.82, 2.24) is 15.1 Å². The van der Waals surface area contributed by atoms with Gasteiger partial charge in [-0.15, -0.1) is 0 Å². The lowest BCUT2D eigenvalue weighted by molar-refractivity contribution is -0.137. The van der Waals surface area contributed by atoms with Crippen LogP contribution in [0.2, 0.25) is 0 Å². The second-order valence-electron chi connectivity index (χ2n) is 11.3. The fourth-order valence-electron chi connectivity index (χ4n) is 5.63. The van der Waals surface area contributed by atoms with Gasteiger partial charge in [0.2, 0.25) is 0 Å². The Kier molecular flexibility index (Phi) is 8.42. The number of rotatable bonds is 10. The molecule has 2 N–H and O–H groups in total. The Balaban J connectivity index is 1.71. The number of alkyl halides is 3. The highest BCUT2D eigenvalue weighted by Gasteiger charge is 2.39. The molecule has 0 fully saturated rings. The van der Waals surface area contributed by atoms with Crippen LogP contribution in [-0.2, 0) is 17.3 Å². The zero-order valence-electron chi connectivity index (χ0n) is 23.2. The molecule has 3 aromatic rings. The van der Waals surface area contributed by atoms with E-state index in [1.807, 2.05) is 22.9 Å². The topological polar surface area (TPSA) is 59.0 Å². The third-order valence-electron chi connectivity index (χ3n) is 7.84. The quantitative estimate of drug-likeness (QED) is 0.272. The molecule has 0 bridgehead atoms. The number of hydrogen-bond acceptors (Lipinski definition) is 3. The second-order valence-corrected chi connectivity index (χ2v) is 11.3. The van der Waals surface area contributed by atoms with Gasteiger partial charge >= 0.3 is 6.18 Å². The molecule has 4 rings (SSSR count). The average Bonchev–Trinajstić information content (AvgIpc) is 3.35. The number of fused-ring (bicyclic) bond motifs is 1. The lowest BCUT2D eigenvalue weighted by Crippen LogP contribution is -2.46. The Labute approximate surface area is 229 Å². The summed E-state index contributed by atoms with van der Waals surface area (Å²) in [5.41, 5.74) is 0.464. The van der Waals surface area contributed by atoms with Crippen LogP contribution in [-0.4, -0.2) is 15.7 Å². The molecule has 0 saturated heterocycles. The van der Waals surface area contributed by atoms with Crippen LogP contribution >= 0.6 is 0 Å². The van der Waals surface area contributed by atoms with Crippen molar-refractivity contribution in [2.75, 3.05) is 5.32 Å². The smallest absolute Gasteiger partial charge is 0.363 e. The first-order valence-corrected chi connectivity index (χ1v) is 13.9. The highest BCUT2D eigenvalue weighted by atomic mass is 19.4. The molecule has 8 heteroatoms. The molecule has 0 spiro atoms. The number of carbonyl (C=O) groups excluding carboxylic acids is 1. The van der Waals surface area contributed by atoms with Crippen LogP contribution in [0.1, 0.15) is 106 Å². The summed E-state index contributed by atoms with van der Waals surface area (Å²) in [7, 11) is 0. The van der Waals surface area contributed by atoms with E-state index >= 15 is 0 Å². The van der Waals surface area contributed by atoms with E-state index in [-0.39, 0.29) is 17.5 Å². The molecule has 210 valence electrons. The molecule has 5 nitrogen and oxygen atoms in total. The summed E-state index contributed by atoms with van der Waals surface area (Å²) in [6.07, 6.45) is 2.73. The molecule has 1 atom stereocenters. The minimum absolute atomic E-state index is 0.0109. The van der Waals surface area contributed by atoms with Crippen LogP contribution in [0.25, 0.3) is 0 Å². The van der Waals surface area contributed by atoms with E-state index in [0.29, 0.717) is 29.8 Å². The van der Waals surface area contributed by atoms with Crippen LogP contribution in [0.4, 0.5) is 19.0 Å². The Bertz CT molecular complexity index is 1240. The van der Waals surface area contributed by atoms with E-state index in [9.17, 15) is 18.0 Å². The van der Waals surface area contributed by atoms with Crippen molar-refractivity contribution in [3.63, 3.8) is 0 Å². The molecule has 0 aliphatic carbocycles. The van der Waals surface area contributed by atoms with Crippen molar-refractivity contribution in [3.8, 4) is 0 Å². The Morgan fingerprint density at radius 3 is 2.15 bits per heavy atom. The number of nitrogens with zero attached hydrogens (tertiary/aromatic N) is 2. The van der Waals surface area contributed by atoms with Crippen molar-refractivity contribution in [2.24, 2.45) is 0 Å². The number of aromatic nitrogens is 2. The molecule has 2 aromatic carbocycles. The van der Waals surface area contributed by atoms with Gasteiger partial charge in [0.15, 0.2) is 0 Å². The van der Waals surface area contributed by atoms with Gasteiger partial charge in [0.1, 0.15) is 11.4 Å². The van der Waals surface area contributed by atoms with Gasteiger partial charge in [0.25, 0.3) is 5.91 Å². The number of carbonyl (C=O) groups is 1. The number of benzene rings is 2. The monoisotopic (exact) mass is 540 g/mol. The van der Waals surface area contributed by atoms with Crippen LogP contribution < -0.4 is 10.6 Å². The van der Waals surface area contributed by atoms with Gasteiger partial charge in [-0.05, 0) is 56.4 Å². The predicted octanol–water partition coefficient (Wildman–Crippen LogP) is 8.20. The summed E-state index contributed by atoms with van der Waals surface area (Å²) < 4.78 is 41.8. The summed E-state index contributed by atoms with van der Waals surface area (Å²) in [4.78, 5) is 14.0. The maximum Gasteiger partial charge on any atom is 0.416 e. The normalized spacial score (nSPS) is 16.8. The van der Waals surface area contributed by atoms with Crippen LogP contribution in [0.3, 0.4) is 0 Å². The highest BCUT2D eigenvalue weighted by molar-refractivity contribution is 5.99. The molecule has 39 heavy (non-hydrogen) atoms. The molecule has 1 aromatic heterocycles. The van der Waals surface area contributed by atoms with Crippen molar-refractivity contribution < 1.29 is 18.0 Å². The number of hydrogen-bond donors (Lipinski definition) is 2. The van der Waals surface area contributed by atoms with E-state index in [1.54, 1.807) is 6.20 Å². The lowest BCUT2D eigenvalue weighted by atomic mass is 9.80. The SMILES string of the molecule is CCCCC(CCCC)(NC(=O)c1cnn2c1NC(c1ccccc1)CC2(C)C)c1ccc(C(F)(F)F)cc1. The van der Waals surface area contributed by atoms with Crippen LogP contribution in [0.15, 0.2) is 60.8 Å². The first kappa shape index (κ1) is 28.7. The van der Waals surface area contributed by atoms with Crippen LogP contribution in [0.5, 0.6) is 0 Å². The van der Waals surface area contributed by atoms with Gasteiger partial charge in [-0.3, -0.25) is 4.79 Å². The molecular formula is C31H39F3N4O. The maximum absolute atomic E-state index is 14.0. The molecular weight excluding hydrogens is 501 g/mol. The molecule has 1 aliphatic rings. The number of anilines is 1. The Morgan fingerprint density at radius 1 is 1.00 bits per heavy atom. The van der Waals surface area contributed by atoms with Gasteiger partial charge in [0.05, 0.1) is 28.9 Å². The Hall–Kier alpha value is -3.29. The zero-order valence-corrected chi connectivity index (χ0v) is 23.2. The summed E-state index contributed by atoms with van der Waals surface area (Å²) in [6.45, 7) is 8.36. The van der Waals surface area contributed by atoms with Crippen molar-refractivity contribution in [2.45, 2.75) is 95.9 Å². The summed E-state index contributed by atoms with van der Waals surface area (Å²) in [5, 5.41) is 11.4. The van der Waals surface area contributed by atoms with Gasteiger partial charge in [-0.1, -0.05) is 82.0 Å². The first-order valence-electron chi connectivity index (χ1n) is 13.9. The molecule has 2 heterocycles. The van der Waals surface area contributed by atoms with E-state index in [1.165, 1.54) is 12.1 Å². The van der Waals surface area contributed by atoms with Crippen LogP contribution in [0, 0.1) is 0 Å². The predicted molar refractivity (Wildman–Crippen MR) is 149 cm³/mol. The average molecular weight is 541 g/mol. The van der Waals surface area contributed by atoms with Crippen molar-refractivity contribution >= 4 is 11.7 Å². The molecule has 1 aliphatic heterocycles. The number of halogens is 3. The first-order chi connectivity index (χ1) is 18.5. The standard InChI is InChI=1S/C31H39F3N4O/c1-5-7-18-30(19-8-6-2,23-14-16-24(17-15-23)31(32,33)34)37-28(39)25-21-35-38-27(25)36-26(20-29(38,3)4)22-12-10-9-11-13-22/h9-17,21,26,36H,5-8,18-20H2,1-4H3,(H,37,39). The van der Waals surface area contributed by atoms with Gasteiger partial charge in [0, 0.05) is 0 Å². The zero-order chi connectivity index (χ0) is 28.3. The fourth-order valence-corrected chi connectivity index (χ4v) is 5.63. The molecule has 0 saturated carbocycles. The fraction of sp³-hybridized carbons (Fsp3) is 0.484.